The maximum atomic E-state index is 13.4. The number of nitrogens with one attached hydrogen (secondary N) is 2. The normalized spacial score (nSPS) is 24.0. The number of amides is 2. The lowest BCUT2D eigenvalue weighted by Crippen LogP contribution is -2.51. The third-order valence-electron chi connectivity index (χ3n) is 7.19. The smallest absolute Gasteiger partial charge is 0.230 e. The Labute approximate surface area is 208 Å². The van der Waals surface area contributed by atoms with Crippen LogP contribution in [0, 0.1) is 23.2 Å². The van der Waals surface area contributed by atoms with E-state index in [4.69, 9.17) is 5.73 Å². The first-order valence-corrected chi connectivity index (χ1v) is 13.2. The minimum Gasteiger partial charge on any atom is -0.354 e. The average molecular weight is 485 g/mol. The van der Waals surface area contributed by atoms with Crippen molar-refractivity contribution in [2.24, 2.45) is 28.9 Å². The van der Waals surface area contributed by atoms with Crippen molar-refractivity contribution in [2.75, 3.05) is 11.9 Å². The van der Waals surface area contributed by atoms with Crippen molar-refractivity contribution in [3.8, 4) is 0 Å². The van der Waals surface area contributed by atoms with Crippen molar-refractivity contribution in [1.29, 1.82) is 0 Å². The zero-order valence-electron chi connectivity index (χ0n) is 21.1. The molecule has 2 heterocycles. The number of carbonyl (C=O) groups is 2. The fraction of sp³-hybridized carbons (Fsp3) is 0.593. The van der Waals surface area contributed by atoms with Gasteiger partial charge in [0, 0.05) is 41.0 Å². The van der Waals surface area contributed by atoms with Crippen molar-refractivity contribution in [3.63, 3.8) is 0 Å². The Morgan fingerprint density at radius 3 is 2.56 bits per heavy atom. The third kappa shape index (κ3) is 6.45. The molecule has 2 aromatic rings. The highest BCUT2D eigenvalue weighted by molar-refractivity contribution is 7.10. The molecule has 6 nitrogen and oxygen atoms in total. The quantitative estimate of drug-likeness (QED) is 0.468. The van der Waals surface area contributed by atoms with E-state index in [1.54, 1.807) is 23.7 Å². The van der Waals surface area contributed by atoms with Gasteiger partial charge in [0.1, 0.15) is 0 Å². The first-order valence-electron chi connectivity index (χ1n) is 12.3. The van der Waals surface area contributed by atoms with Gasteiger partial charge in [-0.25, -0.2) is 0 Å². The molecule has 0 aliphatic heterocycles. The molecule has 3 rings (SSSR count). The average Bonchev–Trinajstić information content (AvgIpc) is 3.33. The number of thiophene rings is 1. The Morgan fingerprint density at radius 1 is 1.24 bits per heavy atom. The summed E-state index contributed by atoms with van der Waals surface area (Å²) in [4.78, 5) is 31.4. The van der Waals surface area contributed by atoms with Crippen LogP contribution in [-0.4, -0.2) is 29.4 Å². The molecule has 186 valence electrons. The minimum absolute atomic E-state index is 0.0156. The summed E-state index contributed by atoms with van der Waals surface area (Å²) >= 11 is 1.59. The topological polar surface area (TPSA) is 97.1 Å². The zero-order chi connectivity index (χ0) is 24.9. The second-order valence-corrected chi connectivity index (χ2v) is 12.1. The Bertz CT molecular complexity index is 945. The molecule has 4 atom stereocenters. The number of carbonyl (C=O) groups excluding carboxylic acids is 2. The Hall–Kier alpha value is -2.25. The lowest BCUT2D eigenvalue weighted by Gasteiger charge is -2.44. The van der Waals surface area contributed by atoms with Crippen LogP contribution in [0.1, 0.15) is 65.2 Å². The van der Waals surface area contributed by atoms with Gasteiger partial charge in [-0.15, -0.1) is 11.3 Å². The maximum Gasteiger partial charge on any atom is 0.230 e. The van der Waals surface area contributed by atoms with Crippen LogP contribution in [0.15, 0.2) is 42.0 Å². The molecule has 0 saturated heterocycles. The molecular weight excluding hydrogens is 444 g/mol. The molecule has 4 unspecified atom stereocenters. The van der Waals surface area contributed by atoms with Crippen LogP contribution >= 0.6 is 11.3 Å². The summed E-state index contributed by atoms with van der Waals surface area (Å²) in [5.74, 6) is 1.16. The van der Waals surface area contributed by atoms with Crippen LogP contribution in [0.5, 0.6) is 0 Å². The van der Waals surface area contributed by atoms with Crippen LogP contribution in [0.2, 0.25) is 0 Å². The summed E-state index contributed by atoms with van der Waals surface area (Å²) < 4.78 is 0. The van der Waals surface area contributed by atoms with Crippen LogP contribution in [0.4, 0.5) is 5.69 Å². The summed E-state index contributed by atoms with van der Waals surface area (Å²) in [6.45, 7) is 10.8. The van der Waals surface area contributed by atoms with Gasteiger partial charge >= 0.3 is 0 Å². The van der Waals surface area contributed by atoms with Crippen LogP contribution in [0.25, 0.3) is 0 Å². The van der Waals surface area contributed by atoms with Gasteiger partial charge < -0.3 is 16.4 Å². The molecule has 34 heavy (non-hydrogen) atoms. The van der Waals surface area contributed by atoms with Crippen molar-refractivity contribution in [3.05, 3.63) is 46.9 Å². The number of pyridine rings is 1. The van der Waals surface area contributed by atoms with Crippen LogP contribution in [0.3, 0.4) is 0 Å². The monoisotopic (exact) mass is 484 g/mol. The third-order valence-corrected chi connectivity index (χ3v) is 8.38. The molecule has 0 aromatic carbocycles. The predicted octanol–water partition coefficient (Wildman–Crippen LogP) is 4.97. The molecule has 1 saturated carbocycles. The number of nitrogens with two attached hydrogens (primary N) is 1. The van der Waals surface area contributed by atoms with Crippen LogP contribution in [-0.2, 0) is 15.0 Å². The molecule has 2 aromatic heterocycles. The van der Waals surface area contributed by atoms with Crippen molar-refractivity contribution < 1.29 is 9.59 Å². The lowest BCUT2D eigenvalue weighted by molar-refractivity contribution is -0.129. The molecular formula is C27H40N4O2S. The molecule has 1 aliphatic rings. The van der Waals surface area contributed by atoms with E-state index in [1.807, 2.05) is 43.5 Å². The highest BCUT2D eigenvalue weighted by atomic mass is 32.1. The van der Waals surface area contributed by atoms with Gasteiger partial charge in [-0.05, 0) is 80.9 Å². The van der Waals surface area contributed by atoms with E-state index in [-0.39, 0.29) is 23.8 Å². The predicted molar refractivity (Wildman–Crippen MR) is 140 cm³/mol. The van der Waals surface area contributed by atoms with E-state index >= 15 is 0 Å². The molecule has 0 bridgehead atoms. The van der Waals surface area contributed by atoms with Gasteiger partial charge in [0.15, 0.2) is 0 Å². The highest BCUT2D eigenvalue weighted by Gasteiger charge is 2.44. The number of anilines is 1. The van der Waals surface area contributed by atoms with Gasteiger partial charge in [-0.2, -0.15) is 0 Å². The largest absolute Gasteiger partial charge is 0.354 e. The highest BCUT2D eigenvalue weighted by Crippen LogP contribution is 2.46. The maximum absolute atomic E-state index is 13.4. The van der Waals surface area contributed by atoms with Crippen molar-refractivity contribution in [1.82, 2.24) is 10.3 Å². The second-order valence-electron chi connectivity index (χ2n) is 11.1. The van der Waals surface area contributed by atoms with E-state index in [0.717, 1.165) is 29.8 Å². The lowest BCUT2D eigenvalue weighted by atomic mass is 9.63. The zero-order valence-corrected chi connectivity index (χ0v) is 22.0. The molecule has 0 spiro atoms. The first kappa shape index (κ1) is 26.4. The molecule has 1 fully saturated rings. The molecule has 4 N–H and O–H groups in total. The van der Waals surface area contributed by atoms with Crippen molar-refractivity contribution in [2.45, 2.75) is 71.8 Å². The SMILES string of the molecule is CC(C)CC1CC(C(N)CNC(=O)C(C)(C)c2cccs2)CC(C)(C(=O)Nc2ccncc2)C1. The van der Waals surface area contributed by atoms with E-state index < -0.39 is 10.8 Å². The standard InChI is InChI=1S/C27H40N4O2S/c1-18(2)13-19-14-20(16-27(5,15-19)25(33)31-21-8-10-29-11-9-21)22(28)17-30-24(32)26(3,4)23-7-6-12-34-23/h6-12,18-20,22H,13-17,28H2,1-5H3,(H,30,32)(H,29,31,33). The molecule has 2 amide bonds. The Balaban J connectivity index is 1.68. The fourth-order valence-corrected chi connectivity index (χ4v) is 6.16. The molecule has 1 aliphatic carbocycles. The van der Waals surface area contributed by atoms with Crippen LogP contribution < -0.4 is 16.4 Å². The summed E-state index contributed by atoms with van der Waals surface area (Å²) in [7, 11) is 0. The van der Waals surface area contributed by atoms with Crippen molar-refractivity contribution >= 4 is 28.8 Å². The van der Waals surface area contributed by atoms with Gasteiger partial charge in [-0.1, -0.05) is 26.8 Å². The van der Waals surface area contributed by atoms with Gasteiger partial charge in [0.05, 0.1) is 5.41 Å². The molecule has 0 radical (unpaired) electrons. The minimum atomic E-state index is -0.598. The van der Waals surface area contributed by atoms with E-state index in [2.05, 4.69) is 36.4 Å². The van der Waals surface area contributed by atoms with E-state index in [0.29, 0.717) is 24.8 Å². The second kappa shape index (κ2) is 11.0. The van der Waals surface area contributed by atoms with Gasteiger partial charge in [-0.3, -0.25) is 14.6 Å². The number of nitrogens with zero attached hydrogens (tertiary/aromatic N) is 1. The first-order chi connectivity index (χ1) is 16.0. The number of aromatic nitrogens is 1. The van der Waals surface area contributed by atoms with Gasteiger partial charge in [0.25, 0.3) is 0 Å². The Kier molecular flexibility index (Phi) is 8.52. The van der Waals surface area contributed by atoms with E-state index in [9.17, 15) is 9.59 Å². The summed E-state index contributed by atoms with van der Waals surface area (Å²) in [6.07, 6.45) is 6.98. The number of hydrogen-bond donors (Lipinski definition) is 3. The van der Waals surface area contributed by atoms with E-state index in [1.165, 1.54) is 0 Å². The number of rotatable bonds is 9. The fourth-order valence-electron chi connectivity index (χ4n) is 5.31. The summed E-state index contributed by atoms with van der Waals surface area (Å²) in [5, 5.41) is 8.17. The summed E-state index contributed by atoms with van der Waals surface area (Å²) in [6, 6.07) is 7.38. The van der Waals surface area contributed by atoms with Gasteiger partial charge in [0.2, 0.25) is 11.8 Å². The summed E-state index contributed by atoms with van der Waals surface area (Å²) in [5.41, 5.74) is 6.33. The number of hydrogen-bond acceptors (Lipinski definition) is 5. The Morgan fingerprint density at radius 2 is 1.94 bits per heavy atom. The molecule has 7 heteroatoms.